The quantitative estimate of drug-likeness (QED) is 0.317. The number of thiophene rings is 1. The molecule has 1 heterocycles. The molecule has 0 aliphatic heterocycles. The normalized spacial score (nSPS) is 10.1. The zero-order valence-electron chi connectivity index (χ0n) is 13.9. The largest absolute Gasteiger partial charge is 0.322 e. The minimum Gasteiger partial charge on any atom is -0.322 e. The van der Waals surface area contributed by atoms with Crippen LogP contribution in [-0.4, -0.2) is 11.8 Å². The maximum Gasteiger partial charge on any atom is 0.261 e. The van der Waals surface area contributed by atoms with Gasteiger partial charge in [-0.3, -0.25) is 9.59 Å². The number of amides is 2. The first-order chi connectivity index (χ1) is 13.0. The van der Waals surface area contributed by atoms with E-state index in [0.29, 0.717) is 21.4 Å². The van der Waals surface area contributed by atoms with Crippen molar-refractivity contribution in [3.05, 3.63) is 86.5 Å². The predicted molar refractivity (Wildman–Crippen MR) is 112 cm³/mol. The molecule has 0 bridgehead atoms. The minimum atomic E-state index is -0.537. The van der Waals surface area contributed by atoms with E-state index in [1.54, 1.807) is 54.6 Å². The van der Waals surface area contributed by atoms with Gasteiger partial charge in [-0.05, 0) is 53.9 Å². The van der Waals surface area contributed by atoms with E-state index in [1.165, 1.54) is 11.3 Å². The van der Waals surface area contributed by atoms with Crippen molar-refractivity contribution in [2.75, 3.05) is 10.6 Å². The lowest BCUT2D eigenvalue weighted by Crippen LogP contribution is -2.25. The highest BCUT2D eigenvalue weighted by Crippen LogP contribution is 2.20. The molecule has 0 aliphatic carbocycles. The fourth-order valence-corrected chi connectivity index (χ4v) is 3.32. The van der Waals surface area contributed by atoms with Gasteiger partial charge in [0.05, 0.1) is 0 Å². The van der Waals surface area contributed by atoms with Gasteiger partial charge in [-0.2, -0.15) is 0 Å². The summed E-state index contributed by atoms with van der Waals surface area (Å²) in [6.07, 6.45) is 1.55. The van der Waals surface area contributed by atoms with Gasteiger partial charge >= 0.3 is 0 Å². The Labute approximate surface area is 170 Å². The summed E-state index contributed by atoms with van der Waals surface area (Å²) in [5.41, 5.74) is 0.970. The third-order valence-corrected chi connectivity index (χ3v) is 4.77. The van der Waals surface area contributed by atoms with E-state index in [1.807, 2.05) is 17.5 Å². The number of anilines is 2. The molecule has 0 radical (unpaired) electrons. The Bertz CT molecular complexity index is 939. The molecular formula is C20H14Cl2N2O2S. The van der Waals surface area contributed by atoms with Crippen LogP contribution >= 0.6 is 34.5 Å². The molecular weight excluding hydrogens is 403 g/mol. The van der Waals surface area contributed by atoms with Crippen molar-refractivity contribution in [3.8, 4) is 0 Å². The van der Waals surface area contributed by atoms with Gasteiger partial charge in [-0.25, -0.2) is 0 Å². The van der Waals surface area contributed by atoms with E-state index in [9.17, 15) is 9.59 Å². The molecule has 2 aromatic carbocycles. The summed E-state index contributed by atoms with van der Waals surface area (Å²) in [6.45, 7) is 0. The summed E-state index contributed by atoms with van der Waals surface area (Å²) in [6, 6.07) is 17.1. The monoisotopic (exact) mass is 416 g/mol. The molecule has 2 amide bonds. The second kappa shape index (κ2) is 8.86. The number of hydrogen-bond acceptors (Lipinski definition) is 3. The van der Waals surface area contributed by atoms with Gasteiger partial charge in [0.2, 0.25) is 0 Å². The number of benzene rings is 2. The second-order valence-electron chi connectivity index (χ2n) is 5.50. The van der Waals surface area contributed by atoms with Crippen LogP contribution < -0.4 is 10.6 Å². The standard InChI is InChI=1S/C20H14Cl2N2O2S/c21-13-4-1-6-15(10-13)23-19(25)18(12-17-8-3-9-27-17)20(26)24-16-7-2-5-14(22)11-16/h1-12H,(H,23,25)(H,24,26). The molecule has 2 N–H and O–H groups in total. The maximum atomic E-state index is 12.7. The molecule has 0 spiro atoms. The van der Waals surface area contributed by atoms with Crippen molar-refractivity contribution in [3.63, 3.8) is 0 Å². The van der Waals surface area contributed by atoms with Gasteiger partial charge in [0.15, 0.2) is 0 Å². The number of carbonyl (C=O) groups is 2. The van der Waals surface area contributed by atoms with Crippen molar-refractivity contribution < 1.29 is 9.59 Å². The van der Waals surface area contributed by atoms with E-state index in [4.69, 9.17) is 23.2 Å². The molecule has 27 heavy (non-hydrogen) atoms. The van der Waals surface area contributed by atoms with E-state index in [-0.39, 0.29) is 5.57 Å². The van der Waals surface area contributed by atoms with Crippen LogP contribution in [0.4, 0.5) is 11.4 Å². The summed E-state index contributed by atoms with van der Waals surface area (Å²) in [5, 5.41) is 8.24. The van der Waals surface area contributed by atoms with Crippen molar-refractivity contribution in [2.24, 2.45) is 0 Å². The lowest BCUT2D eigenvalue weighted by Gasteiger charge is -2.10. The lowest BCUT2D eigenvalue weighted by atomic mass is 10.1. The Kier molecular flexibility index (Phi) is 6.29. The summed E-state index contributed by atoms with van der Waals surface area (Å²) in [4.78, 5) is 26.3. The second-order valence-corrected chi connectivity index (χ2v) is 7.35. The number of nitrogens with one attached hydrogen (secondary N) is 2. The van der Waals surface area contributed by atoms with Gasteiger partial charge in [-0.15, -0.1) is 11.3 Å². The fraction of sp³-hybridized carbons (Fsp3) is 0. The number of halogens is 2. The van der Waals surface area contributed by atoms with Crippen molar-refractivity contribution in [1.29, 1.82) is 0 Å². The van der Waals surface area contributed by atoms with Crippen LogP contribution in [0.1, 0.15) is 4.88 Å². The highest BCUT2D eigenvalue weighted by Gasteiger charge is 2.19. The molecule has 0 fully saturated rings. The van der Waals surface area contributed by atoms with Crippen LogP contribution in [0.5, 0.6) is 0 Å². The highest BCUT2D eigenvalue weighted by atomic mass is 35.5. The summed E-state index contributed by atoms with van der Waals surface area (Å²) in [7, 11) is 0. The fourth-order valence-electron chi connectivity index (χ4n) is 2.28. The van der Waals surface area contributed by atoms with Crippen molar-refractivity contribution in [1.82, 2.24) is 0 Å². The van der Waals surface area contributed by atoms with Gasteiger partial charge in [0, 0.05) is 26.3 Å². The van der Waals surface area contributed by atoms with Gasteiger partial charge in [0.25, 0.3) is 11.8 Å². The molecule has 3 rings (SSSR count). The van der Waals surface area contributed by atoms with Crippen LogP contribution in [0.15, 0.2) is 71.6 Å². The molecule has 0 aliphatic rings. The molecule has 136 valence electrons. The van der Waals surface area contributed by atoms with Crippen molar-refractivity contribution in [2.45, 2.75) is 0 Å². The highest BCUT2D eigenvalue weighted by molar-refractivity contribution is 7.10. The molecule has 0 saturated carbocycles. The molecule has 3 aromatic rings. The van der Waals surface area contributed by atoms with Gasteiger partial charge in [0.1, 0.15) is 5.57 Å². The Balaban J connectivity index is 1.86. The van der Waals surface area contributed by atoms with Crippen LogP contribution in [-0.2, 0) is 9.59 Å². The van der Waals surface area contributed by atoms with E-state index < -0.39 is 11.8 Å². The molecule has 7 heteroatoms. The first kappa shape index (κ1) is 19.2. The van der Waals surface area contributed by atoms with E-state index >= 15 is 0 Å². The number of carbonyl (C=O) groups excluding carboxylic acids is 2. The lowest BCUT2D eigenvalue weighted by molar-refractivity contribution is -0.118. The minimum absolute atomic E-state index is 0.0302. The van der Waals surface area contributed by atoms with Gasteiger partial charge in [-0.1, -0.05) is 41.4 Å². The molecule has 1 aromatic heterocycles. The number of hydrogen-bond donors (Lipinski definition) is 2. The van der Waals surface area contributed by atoms with Gasteiger partial charge < -0.3 is 10.6 Å². The zero-order valence-corrected chi connectivity index (χ0v) is 16.2. The average molecular weight is 417 g/mol. The first-order valence-corrected chi connectivity index (χ1v) is 9.54. The first-order valence-electron chi connectivity index (χ1n) is 7.90. The van der Waals surface area contributed by atoms with Crippen molar-refractivity contribution >= 4 is 63.8 Å². The third-order valence-electron chi connectivity index (χ3n) is 3.48. The molecule has 0 saturated heterocycles. The van der Waals surface area contributed by atoms with Crippen LogP contribution in [0.3, 0.4) is 0 Å². The van der Waals surface area contributed by atoms with E-state index in [0.717, 1.165) is 4.88 Å². The molecule has 0 unspecified atom stereocenters. The van der Waals surface area contributed by atoms with E-state index in [2.05, 4.69) is 10.6 Å². The van der Waals surface area contributed by atoms with Crippen LogP contribution in [0, 0.1) is 0 Å². The average Bonchev–Trinajstić information content (AvgIpc) is 3.12. The Hall–Kier alpha value is -2.60. The van der Waals surface area contributed by atoms with Crippen LogP contribution in [0.25, 0.3) is 6.08 Å². The molecule has 4 nitrogen and oxygen atoms in total. The summed E-state index contributed by atoms with van der Waals surface area (Å²) < 4.78 is 0. The van der Waals surface area contributed by atoms with Crippen LogP contribution in [0.2, 0.25) is 10.0 Å². The smallest absolute Gasteiger partial charge is 0.261 e. The predicted octanol–water partition coefficient (Wildman–Crippen LogP) is 5.72. The topological polar surface area (TPSA) is 58.2 Å². The third kappa shape index (κ3) is 5.44. The number of rotatable bonds is 5. The Morgan fingerprint density at radius 3 is 1.81 bits per heavy atom. The SMILES string of the molecule is O=C(Nc1cccc(Cl)c1)C(=Cc1cccs1)C(=O)Nc1cccc(Cl)c1. The Morgan fingerprint density at radius 1 is 0.815 bits per heavy atom. The summed E-state index contributed by atoms with van der Waals surface area (Å²) in [5.74, 6) is -1.07. The molecule has 0 atom stereocenters. The zero-order chi connectivity index (χ0) is 19.2. The maximum absolute atomic E-state index is 12.7. The Morgan fingerprint density at radius 2 is 1.37 bits per heavy atom. The summed E-state index contributed by atoms with van der Waals surface area (Å²) >= 11 is 13.3.